The molecule has 0 spiro atoms. The Morgan fingerprint density at radius 2 is 2.11 bits per heavy atom. The lowest BCUT2D eigenvalue weighted by Crippen LogP contribution is -2.29. The van der Waals surface area contributed by atoms with E-state index in [-0.39, 0.29) is 24.3 Å². The largest absolute Gasteiger partial charge is 0.346 e. The maximum absolute atomic E-state index is 12.5. The molecule has 3 heterocycles. The van der Waals surface area contributed by atoms with E-state index in [1.165, 1.54) is 0 Å². The number of nitrogens with one attached hydrogen (secondary N) is 3. The summed E-state index contributed by atoms with van der Waals surface area (Å²) in [5.74, 6) is -0.171. The highest BCUT2D eigenvalue weighted by Gasteiger charge is 2.23. The molecule has 9 heteroatoms. The molecule has 1 aromatic carbocycles. The number of aryl methyl sites for hydroxylation is 1. The van der Waals surface area contributed by atoms with E-state index in [9.17, 15) is 9.59 Å². The number of hydrogen-bond acceptors (Lipinski definition) is 4. The number of carbonyl (C=O) groups excluding carboxylic acids is 2. The topological polar surface area (TPSA) is 91.3 Å². The van der Waals surface area contributed by atoms with E-state index in [0.29, 0.717) is 25.2 Å². The van der Waals surface area contributed by atoms with Gasteiger partial charge in [-0.3, -0.25) is 14.4 Å². The molecule has 0 radical (unpaired) electrons. The number of hydrogen-bond donors (Lipinski definition) is 3. The van der Waals surface area contributed by atoms with Gasteiger partial charge in [-0.05, 0) is 30.7 Å². The van der Waals surface area contributed by atoms with Gasteiger partial charge in [0.25, 0.3) is 5.91 Å². The number of aromatic nitrogens is 2. The van der Waals surface area contributed by atoms with Crippen molar-refractivity contribution in [2.45, 2.75) is 26.6 Å². The van der Waals surface area contributed by atoms with E-state index < -0.39 is 0 Å². The molecule has 2 aromatic rings. The first kappa shape index (κ1) is 19.2. The zero-order chi connectivity index (χ0) is 18.1. The third-order valence-corrected chi connectivity index (χ3v) is 4.77. The first-order valence-electron chi connectivity index (χ1n) is 8.82. The van der Waals surface area contributed by atoms with Crippen LogP contribution in [0.2, 0.25) is 0 Å². The molecule has 0 aliphatic carbocycles. The molecule has 0 unspecified atom stereocenters. The number of benzene rings is 1. The van der Waals surface area contributed by atoms with E-state index in [1.807, 2.05) is 23.7 Å². The van der Waals surface area contributed by atoms with Gasteiger partial charge in [0, 0.05) is 37.4 Å². The lowest BCUT2D eigenvalue weighted by atomic mass is 10.1. The molecule has 2 aliphatic rings. The quantitative estimate of drug-likeness (QED) is 0.731. The summed E-state index contributed by atoms with van der Waals surface area (Å²) < 4.78 is 1.98. The summed E-state index contributed by atoms with van der Waals surface area (Å²) in [6, 6.07) is 7.32. The van der Waals surface area contributed by atoms with Gasteiger partial charge in [0.05, 0.1) is 24.5 Å². The standard InChI is InChI=1S/C18H22N6O2.ClH/c1-12-2-3-13(8-16(12)23-6-5-20-18(23)26)17(25)21-10-14-9-15-11-19-4-7-24(15)22-14;/h2-3,8-9,19H,4-7,10-11H2,1H3,(H,20,26)(H,21,25);1H. The molecule has 27 heavy (non-hydrogen) atoms. The maximum Gasteiger partial charge on any atom is 0.322 e. The second-order valence-electron chi connectivity index (χ2n) is 6.59. The van der Waals surface area contributed by atoms with Crippen molar-refractivity contribution in [3.63, 3.8) is 0 Å². The summed E-state index contributed by atoms with van der Waals surface area (Å²) >= 11 is 0. The van der Waals surface area contributed by atoms with Crippen molar-refractivity contribution in [2.24, 2.45) is 0 Å². The molecule has 1 saturated heterocycles. The Kier molecular flexibility index (Phi) is 5.67. The molecule has 144 valence electrons. The van der Waals surface area contributed by atoms with Gasteiger partial charge in [-0.15, -0.1) is 12.4 Å². The minimum atomic E-state index is -0.171. The van der Waals surface area contributed by atoms with Crippen LogP contribution in [0.5, 0.6) is 0 Å². The predicted octanol–water partition coefficient (Wildman–Crippen LogP) is 1.18. The fraction of sp³-hybridized carbons (Fsp3) is 0.389. The van der Waals surface area contributed by atoms with Crippen molar-refractivity contribution in [3.8, 4) is 0 Å². The Hall–Kier alpha value is -2.58. The Morgan fingerprint density at radius 3 is 2.85 bits per heavy atom. The van der Waals surface area contributed by atoms with Crippen molar-refractivity contribution < 1.29 is 9.59 Å². The molecule has 1 aromatic heterocycles. The maximum atomic E-state index is 12.5. The smallest absolute Gasteiger partial charge is 0.322 e. The van der Waals surface area contributed by atoms with E-state index >= 15 is 0 Å². The molecule has 3 N–H and O–H groups in total. The normalized spacial score (nSPS) is 15.7. The number of carbonyl (C=O) groups is 2. The summed E-state index contributed by atoms with van der Waals surface area (Å²) in [7, 11) is 0. The van der Waals surface area contributed by atoms with E-state index in [4.69, 9.17) is 0 Å². The zero-order valence-corrected chi connectivity index (χ0v) is 15.9. The third kappa shape index (κ3) is 3.91. The summed E-state index contributed by atoms with van der Waals surface area (Å²) in [5, 5.41) is 13.5. The Labute approximate surface area is 163 Å². The van der Waals surface area contributed by atoms with Crippen molar-refractivity contribution >= 4 is 30.0 Å². The average Bonchev–Trinajstić information content (AvgIpc) is 3.25. The second kappa shape index (κ2) is 7.98. The van der Waals surface area contributed by atoms with Crippen LogP contribution in [0.25, 0.3) is 0 Å². The van der Waals surface area contributed by atoms with Crippen LogP contribution in [0.15, 0.2) is 24.3 Å². The molecule has 8 nitrogen and oxygen atoms in total. The lowest BCUT2D eigenvalue weighted by molar-refractivity contribution is 0.0950. The van der Waals surface area contributed by atoms with Gasteiger partial charge in [-0.2, -0.15) is 5.10 Å². The van der Waals surface area contributed by atoms with Crippen LogP contribution >= 0.6 is 12.4 Å². The van der Waals surface area contributed by atoms with Crippen molar-refractivity contribution in [1.29, 1.82) is 0 Å². The predicted molar refractivity (Wildman–Crippen MR) is 104 cm³/mol. The summed E-state index contributed by atoms with van der Waals surface area (Å²) in [4.78, 5) is 26.1. The summed E-state index contributed by atoms with van der Waals surface area (Å²) in [6.45, 7) is 6.12. The summed E-state index contributed by atoms with van der Waals surface area (Å²) in [5.41, 5.74) is 4.27. The summed E-state index contributed by atoms with van der Waals surface area (Å²) in [6.07, 6.45) is 0. The van der Waals surface area contributed by atoms with Crippen LogP contribution in [0.1, 0.15) is 27.3 Å². The molecule has 0 atom stereocenters. The van der Waals surface area contributed by atoms with Crippen LogP contribution in [0.3, 0.4) is 0 Å². The molecule has 4 rings (SSSR count). The fourth-order valence-corrected chi connectivity index (χ4v) is 3.35. The molecular weight excluding hydrogens is 368 g/mol. The second-order valence-corrected chi connectivity index (χ2v) is 6.59. The zero-order valence-electron chi connectivity index (χ0n) is 15.1. The number of fused-ring (bicyclic) bond motifs is 1. The van der Waals surface area contributed by atoms with Crippen LogP contribution in [-0.4, -0.2) is 41.4 Å². The number of amides is 3. The van der Waals surface area contributed by atoms with E-state index in [2.05, 4.69) is 21.0 Å². The highest BCUT2D eigenvalue weighted by molar-refractivity contribution is 5.99. The van der Waals surface area contributed by atoms with Gasteiger partial charge >= 0.3 is 6.03 Å². The van der Waals surface area contributed by atoms with Crippen molar-refractivity contribution in [3.05, 3.63) is 46.8 Å². The van der Waals surface area contributed by atoms with E-state index in [1.54, 1.807) is 17.0 Å². The minimum absolute atomic E-state index is 0. The first-order valence-corrected chi connectivity index (χ1v) is 8.82. The Morgan fingerprint density at radius 1 is 1.26 bits per heavy atom. The SMILES string of the molecule is Cc1ccc(C(=O)NCc2cc3n(n2)CCNC3)cc1N1CCNC1=O.Cl. The fourth-order valence-electron chi connectivity index (χ4n) is 3.35. The number of halogens is 1. The van der Waals surface area contributed by atoms with Crippen molar-refractivity contribution in [1.82, 2.24) is 25.7 Å². The van der Waals surface area contributed by atoms with Crippen LogP contribution in [0, 0.1) is 6.92 Å². The highest BCUT2D eigenvalue weighted by Crippen LogP contribution is 2.23. The molecule has 0 saturated carbocycles. The molecule has 1 fully saturated rings. The van der Waals surface area contributed by atoms with Gasteiger partial charge in [0.2, 0.25) is 0 Å². The number of anilines is 1. The first-order chi connectivity index (χ1) is 12.6. The van der Waals surface area contributed by atoms with Gasteiger partial charge in [-0.1, -0.05) is 6.07 Å². The Bertz CT molecular complexity index is 842. The van der Waals surface area contributed by atoms with Gasteiger partial charge in [-0.25, -0.2) is 4.79 Å². The van der Waals surface area contributed by atoms with Crippen molar-refractivity contribution in [2.75, 3.05) is 24.5 Å². The van der Waals surface area contributed by atoms with E-state index in [0.717, 1.165) is 42.3 Å². The number of rotatable bonds is 4. The Balaban J connectivity index is 0.00000210. The van der Waals surface area contributed by atoms with Gasteiger partial charge < -0.3 is 16.0 Å². The monoisotopic (exact) mass is 390 g/mol. The molecule has 0 bridgehead atoms. The van der Waals surface area contributed by atoms with Crippen LogP contribution in [-0.2, 0) is 19.6 Å². The third-order valence-electron chi connectivity index (χ3n) is 4.77. The minimum Gasteiger partial charge on any atom is -0.346 e. The molecular formula is C18H23ClN6O2. The lowest BCUT2D eigenvalue weighted by Gasteiger charge is -2.18. The van der Waals surface area contributed by atoms with Gasteiger partial charge in [0.15, 0.2) is 0 Å². The van der Waals surface area contributed by atoms with Crippen LogP contribution in [0.4, 0.5) is 10.5 Å². The van der Waals surface area contributed by atoms with Crippen LogP contribution < -0.4 is 20.9 Å². The number of urea groups is 1. The van der Waals surface area contributed by atoms with Gasteiger partial charge in [0.1, 0.15) is 0 Å². The average molecular weight is 391 g/mol. The molecule has 2 aliphatic heterocycles. The highest BCUT2D eigenvalue weighted by atomic mass is 35.5. The molecule has 3 amide bonds. The number of nitrogens with zero attached hydrogens (tertiary/aromatic N) is 3.